The van der Waals surface area contributed by atoms with Crippen LogP contribution in [0.3, 0.4) is 0 Å². The van der Waals surface area contributed by atoms with Gasteiger partial charge < -0.3 is 9.97 Å². The van der Waals surface area contributed by atoms with Gasteiger partial charge in [-0.2, -0.15) is 0 Å². The van der Waals surface area contributed by atoms with Crippen LogP contribution in [0.1, 0.15) is 22.8 Å². The van der Waals surface area contributed by atoms with Crippen molar-refractivity contribution in [3.63, 3.8) is 0 Å². The molecule has 0 fully saturated rings. The van der Waals surface area contributed by atoms with Gasteiger partial charge in [-0.1, -0.05) is 0 Å². The molecule has 0 aliphatic carbocycles. The van der Waals surface area contributed by atoms with Crippen LogP contribution in [-0.2, 0) is 17.1 Å². The van der Waals surface area contributed by atoms with Gasteiger partial charge in [-0.3, -0.25) is 0 Å². The summed E-state index contributed by atoms with van der Waals surface area (Å²) in [5, 5.41) is 0. The molecule has 0 aromatic carbocycles. The first-order valence-corrected chi connectivity index (χ1v) is 7.85. The van der Waals surface area contributed by atoms with Crippen LogP contribution in [-0.4, -0.2) is 19.9 Å². The van der Waals surface area contributed by atoms with Crippen molar-refractivity contribution in [3.8, 4) is 0 Å². The maximum atomic E-state index is 4.63. The third-order valence-electron chi connectivity index (χ3n) is 4.04. The van der Waals surface area contributed by atoms with E-state index in [2.05, 4.69) is 44.2 Å². The topological polar surface area (TPSA) is 57.4 Å². The van der Waals surface area contributed by atoms with Gasteiger partial charge in [-0.25, -0.2) is 9.97 Å². The molecule has 2 aliphatic rings. The number of H-pyrrole nitrogens is 2. The van der Waals surface area contributed by atoms with Crippen molar-refractivity contribution in [1.29, 1.82) is 0 Å². The second-order valence-electron chi connectivity index (χ2n) is 5.91. The minimum atomic E-state index is 0. The van der Waals surface area contributed by atoms with Gasteiger partial charge in [0.15, 0.2) is 0 Å². The quantitative estimate of drug-likeness (QED) is 0.315. The Morgan fingerprint density at radius 3 is 1.04 bits per heavy atom. The van der Waals surface area contributed by atoms with Gasteiger partial charge in [-0.05, 0) is 72.8 Å². The molecule has 2 aliphatic heterocycles. The fourth-order valence-electron chi connectivity index (χ4n) is 2.94. The monoisotopic (exact) mass is 453 g/mol. The smallest absolute Gasteiger partial charge is 0.0658 e. The van der Waals surface area contributed by atoms with Crippen LogP contribution in [0.15, 0.2) is 48.5 Å². The Balaban J connectivity index is 0.000000980. The average Bonchev–Trinajstić information content (AvgIpc) is 3.32. The number of fused-ring (bicyclic) bond motifs is 8. The van der Waals surface area contributed by atoms with Crippen molar-refractivity contribution in [2.45, 2.75) is 0 Å². The van der Waals surface area contributed by atoms with Crippen molar-refractivity contribution in [3.05, 3.63) is 71.3 Å². The molecule has 3 aromatic rings. The van der Waals surface area contributed by atoms with Gasteiger partial charge in [0.25, 0.3) is 0 Å². The standard InChI is InChI=1S/C20H14N4.BrH.Cu/c1-2-14-10-16-5-6-18(23-16)12-20-8-7-19(24-20)11-17-4-3-15(22-17)9-13(1)21-14;;/h1-12,21,24H;1H;. The minimum Gasteiger partial charge on any atom is -0.355 e. The van der Waals surface area contributed by atoms with Crippen LogP contribution in [0.25, 0.3) is 46.4 Å². The first kappa shape index (κ1) is 18.4. The molecule has 5 rings (SSSR count). The summed E-state index contributed by atoms with van der Waals surface area (Å²) in [7, 11) is 0. The molecule has 3 aromatic heterocycles. The summed E-state index contributed by atoms with van der Waals surface area (Å²) in [5.41, 5.74) is 7.86. The number of nitrogens with zero attached hydrogens (tertiary/aromatic N) is 2. The molecule has 133 valence electrons. The van der Waals surface area contributed by atoms with Crippen molar-refractivity contribution >= 4 is 63.4 Å². The number of hydrogen-bond donors (Lipinski definition) is 2. The van der Waals surface area contributed by atoms with E-state index < -0.39 is 0 Å². The Morgan fingerprint density at radius 2 is 0.769 bits per heavy atom. The summed E-state index contributed by atoms with van der Waals surface area (Å²) >= 11 is 0. The third kappa shape index (κ3) is 3.73. The Bertz CT molecular complexity index is 996. The van der Waals surface area contributed by atoms with E-state index in [0.717, 1.165) is 44.8 Å². The second-order valence-corrected chi connectivity index (χ2v) is 5.91. The number of nitrogens with one attached hydrogen (secondary N) is 2. The fourth-order valence-corrected chi connectivity index (χ4v) is 2.94. The second kappa shape index (κ2) is 7.46. The molecule has 26 heavy (non-hydrogen) atoms. The number of hydrogen-bond acceptors (Lipinski definition) is 2. The van der Waals surface area contributed by atoms with E-state index in [1.807, 2.05) is 48.6 Å². The van der Waals surface area contributed by atoms with Gasteiger partial charge >= 0.3 is 0 Å². The van der Waals surface area contributed by atoms with Crippen LogP contribution in [0, 0.1) is 0 Å². The summed E-state index contributed by atoms with van der Waals surface area (Å²) < 4.78 is 0. The summed E-state index contributed by atoms with van der Waals surface area (Å²) in [6.45, 7) is 0. The number of aromatic nitrogens is 4. The first-order valence-electron chi connectivity index (χ1n) is 7.85. The van der Waals surface area contributed by atoms with E-state index in [9.17, 15) is 0 Å². The zero-order chi connectivity index (χ0) is 15.9. The van der Waals surface area contributed by atoms with Crippen LogP contribution in [0.2, 0.25) is 0 Å². The molecule has 1 radical (unpaired) electrons. The zero-order valence-corrected chi connectivity index (χ0v) is 16.2. The van der Waals surface area contributed by atoms with Crippen LogP contribution >= 0.6 is 17.0 Å². The van der Waals surface area contributed by atoms with Crippen LogP contribution in [0.5, 0.6) is 0 Å². The minimum absolute atomic E-state index is 0. The molecule has 2 N–H and O–H groups in total. The van der Waals surface area contributed by atoms with E-state index >= 15 is 0 Å². The zero-order valence-electron chi connectivity index (χ0n) is 13.5. The van der Waals surface area contributed by atoms with E-state index in [4.69, 9.17) is 0 Å². The molecule has 0 amide bonds. The van der Waals surface area contributed by atoms with Crippen LogP contribution < -0.4 is 0 Å². The Morgan fingerprint density at radius 1 is 0.500 bits per heavy atom. The summed E-state index contributed by atoms with van der Waals surface area (Å²) in [6.07, 6.45) is 8.09. The predicted molar refractivity (Wildman–Crippen MR) is 109 cm³/mol. The predicted octanol–water partition coefficient (Wildman–Crippen LogP) is 5.23. The van der Waals surface area contributed by atoms with Crippen molar-refractivity contribution in [2.24, 2.45) is 0 Å². The van der Waals surface area contributed by atoms with E-state index in [1.165, 1.54) is 0 Å². The number of rotatable bonds is 0. The summed E-state index contributed by atoms with van der Waals surface area (Å²) in [6, 6.07) is 16.4. The van der Waals surface area contributed by atoms with Gasteiger partial charge in [0.1, 0.15) is 0 Å². The molecule has 4 nitrogen and oxygen atoms in total. The maximum Gasteiger partial charge on any atom is 0.0658 e. The normalized spacial score (nSPS) is 11.7. The number of halogens is 1. The average molecular weight is 455 g/mol. The van der Waals surface area contributed by atoms with Gasteiger partial charge in [0.05, 0.1) is 22.8 Å². The number of aromatic amines is 2. The van der Waals surface area contributed by atoms with E-state index in [-0.39, 0.29) is 34.1 Å². The Labute approximate surface area is 171 Å². The molecule has 0 spiro atoms. The Hall–Kier alpha value is -2.40. The molecular weight excluding hydrogens is 440 g/mol. The van der Waals surface area contributed by atoms with Gasteiger partial charge in [0, 0.05) is 39.1 Å². The third-order valence-corrected chi connectivity index (χ3v) is 4.04. The molecule has 6 heteroatoms. The molecule has 8 bridgehead atoms. The summed E-state index contributed by atoms with van der Waals surface area (Å²) in [5.74, 6) is 0. The van der Waals surface area contributed by atoms with Gasteiger partial charge in [0.2, 0.25) is 0 Å². The molecule has 0 atom stereocenters. The Kier molecular flexibility index (Phi) is 5.28. The molecule has 0 unspecified atom stereocenters. The molecule has 5 heterocycles. The van der Waals surface area contributed by atoms with E-state index in [1.54, 1.807) is 0 Å². The van der Waals surface area contributed by atoms with E-state index in [0.29, 0.717) is 0 Å². The molecule has 0 saturated heterocycles. The molecular formula is C20H15BrCuN4. The SMILES string of the molecule is Br.C1=Cc2cc3ccc(cc4nc(cc5ccc(cc1n2)[nH]5)C=C4)[nH]3.[Cu]. The summed E-state index contributed by atoms with van der Waals surface area (Å²) in [4.78, 5) is 16.0. The molecule has 0 saturated carbocycles. The van der Waals surface area contributed by atoms with Crippen molar-refractivity contribution < 1.29 is 17.1 Å². The van der Waals surface area contributed by atoms with Crippen molar-refractivity contribution in [2.75, 3.05) is 0 Å². The maximum absolute atomic E-state index is 4.63. The van der Waals surface area contributed by atoms with Gasteiger partial charge in [-0.15, -0.1) is 17.0 Å². The van der Waals surface area contributed by atoms with Crippen molar-refractivity contribution in [1.82, 2.24) is 19.9 Å². The first-order chi connectivity index (χ1) is 11.8. The fraction of sp³-hybridized carbons (Fsp3) is 0. The van der Waals surface area contributed by atoms with Crippen LogP contribution in [0.4, 0.5) is 0 Å². The largest absolute Gasteiger partial charge is 0.355 e.